The van der Waals surface area contributed by atoms with Gasteiger partial charge in [-0.2, -0.15) is 0 Å². The van der Waals surface area contributed by atoms with Crippen LogP contribution >= 0.6 is 0 Å². The van der Waals surface area contributed by atoms with Crippen molar-refractivity contribution < 1.29 is 10.3 Å². The topological polar surface area (TPSA) is 43.4 Å². The fourth-order valence-corrected chi connectivity index (χ4v) is 3.39. The van der Waals surface area contributed by atoms with Gasteiger partial charge in [0.25, 0.3) is 0 Å². The van der Waals surface area contributed by atoms with Crippen LogP contribution in [0.4, 0.5) is 0 Å². The lowest BCUT2D eigenvalue weighted by Gasteiger charge is -2.52. The summed E-state index contributed by atoms with van der Waals surface area (Å²) in [5.41, 5.74) is -0.757. The van der Waals surface area contributed by atoms with E-state index in [2.05, 4.69) is 13.8 Å². The highest BCUT2D eigenvalue weighted by Crippen LogP contribution is 2.42. The fraction of sp³-hybridized carbons (Fsp3) is 1.00. The molecule has 1 fully saturated rings. The van der Waals surface area contributed by atoms with Gasteiger partial charge in [0.1, 0.15) is 0 Å². The van der Waals surface area contributed by atoms with Gasteiger partial charge in [-0.25, -0.2) is 0 Å². The van der Waals surface area contributed by atoms with Crippen molar-refractivity contribution in [3.8, 4) is 0 Å². The zero-order valence-electron chi connectivity index (χ0n) is 11.1. The van der Waals surface area contributed by atoms with E-state index in [1.54, 1.807) is 0 Å². The Morgan fingerprint density at radius 1 is 1.12 bits per heavy atom. The predicted octanol–water partition coefficient (Wildman–Crippen LogP) is 2.91. The molecule has 0 aromatic heterocycles. The minimum Gasteiger partial charge on any atom is -0.393 e. The zero-order valence-corrected chi connectivity index (χ0v) is 11.1. The molecular weight excluding hydrogens is 202 g/mol. The van der Waals surface area contributed by atoms with Gasteiger partial charge >= 0.3 is 0 Å². The largest absolute Gasteiger partial charge is 0.393 e. The van der Waals surface area contributed by atoms with Crippen LogP contribution in [0.15, 0.2) is 0 Å². The third kappa shape index (κ3) is 2.58. The molecule has 1 aliphatic rings. The minimum atomic E-state index is -0.379. The highest BCUT2D eigenvalue weighted by atomic mass is 16.5. The van der Waals surface area contributed by atoms with Gasteiger partial charge in [0.05, 0.1) is 6.10 Å². The molecule has 1 saturated heterocycles. The van der Waals surface area contributed by atoms with Gasteiger partial charge in [0.2, 0.25) is 0 Å². The Morgan fingerprint density at radius 3 is 1.81 bits per heavy atom. The first-order chi connectivity index (χ1) is 7.38. The Morgan fingerprint density at radius 2 is 1.50 bits per heavy atom. The zero-order chi connectivity index (χ0) is 12.4. The summed E-state index contributed by atoms with van der Waals surface area (Å²) in [5, 5.41) is 23.8. The number of hydrogen-bond donors (Lipinski definition) is 1. The molecule has 1 N–H and O–H groups in total. The lowest BCUT2D eigenvalue weighted by Crippen LogP contribution is -2.62. The molecular formula is C13H26NO2. The summed E-state index contributed by atoms with van der Waals surface area (Å²) in [7, 11) is 0. The number of aliphatic hydroxyl groups is 1. The SMILES string of the molecule is CCCC1(C)CC(O)CC(C)(CCC)N1[O]. The second-order valence-electron chi connectivity index (χ2n) is 5.85. The van der Waals surface area contributed by atoms with Crippen molar-refractivity contribution in [3.05, 3.63) is 0 Å². The maximum absolute atomic E-state index is 12.5. The molecule has 0 aromatic carbocycles. The molecule has 0 aliphatic carbocycles. The van der Waals surface area contributed by atoms with Crippen LogP contribution in [0.1, 0.15) is 66.2 Å². The average Bonchev–Trinajstić information content (AvgIpc) is 2.14. The summed E-state index contributed by atoms with van der Waals surface area (Å²) in [6, 6.07) is 0. The van der Waals surface area contributed by atoms with E-state index < -0.39 is 0 Å². The Balaban J connectivity index is 2.88. The Bertz CT molecular complexity index is 212. The third-order valence-corrected chi connectivity index (χ3v) is 3.91. The fourth-order valence-electron chi connectivity index (χ4n) is 3.39. The van der Waals surface area contributed by atoms with Crippen molar-refractivity contribution in [2.24, 2.45) is 0 Å². The van der Waals surface area contributed by atoms with Crippen LogP contribution in [0.2, 0.25) is 0 Å². The lowest BCUT2D eigenvalue weighted by atomic mass is 9.74. The maximum Gasteiger partial charge on any atom is 0.0577 e. The van der Waals surface area contributed by atoms with E-state index in [0.717, 1.165) is 25.7 Å². The van der Waals surface area contributed by atoms with Gasteiger partial charge in [-0.3, -0.25) is 0 Å². The van der Waals surface area contributed by atoms with Gasteiger partial charge in [-0.1, -0.05) is 26.7 Å². The van der Waals surface area contributed by atoms with E-state index in [4.69, 9.17) is 0 Å². The van der Waals surface area contributed by atoms with Gasteiger partial charge in [0.15, 0.2) is 0 Å². The minimum absolute atomic E-state index is 0.321. The first-order valence-electron chi connectivity index (χ1n) is 6.53. The van der Waals surface area contributed by atoms with Gasteiger partial charge in [-0.05, 0) is 39.5 Å². The highest BCUT2D eigenvalue weighted by Gasteiger charge is 2.49. The second kappa shape index (κ2) is 5.03. The van der Waals surface area contributed by atoms with Gasteiger partial charge in [0, 0.05) is 11.1 Å². The second-order valence-corrected chi connectivity index (χ2v) is 5.85. The summed E-state index contributed by atoms with van der Waals surface area (Å²) in [5.74, 6) is 0. The molecule has 1 aliphatic heterocycles. The number of aliphatic hydroxyl groups excluding tert-OH is 1. The van der Waals surface area contributed by atoms with Crippen molar-refractivity contribution in [3.63, 3.8) is 0 Å². The number of nitrogens with zero attached hydrogens (tertiary/aromatic N) is 1. The molecule has 0 saturated carbocycles. The monoisotopic (exact) mass is 228 g/mol. The lowest BCUT2D eigenvalue weighted by molar-refractivity contribution is -0.310. The molecule has 2 atom stereocenters. The van der Waals surface area contributed by atoms with Crippen LogP contribution in [0.5, 0.6) is 0 Å². The summed E-state index contributed by atoms with van der Waals surface area (Å²) < 4.78 is 0. The number of hydrogen-bond acceptors (Lipinski definition) is 2. The molecule has 16 heavy (non-hydrogen) atoms. The molecule has 2 unspecified atom stereocenters. The first kappa shape index (κ1) is 13.9. The summed E-state index contributed by atoms with van der Waals surface area (Å²) in [4.78, 5) is 0. The summed E-state index contributed by atoms with van der Waals surface area (Å²) in [6.07, 6.45) is 4.62. The van der Waals surface area contributed by atoms with Gasteiger partial charge in [-0.15, -0.1) is 10.3 Å². The van der Waals surface area contributed by atoms with Crippen LogP contribution in [0.25, 0.3) is 0 Å². The van der Waals surface area contributed by atoms with Crippen molar-refractivity contribution in [1.82, 2.24) is 5.06 Å². The molecule has 0 bridgehead atoms. The molecule has 95 valence electrons. The van der Waals surface area contributed by atoms with E-state index in [0.29, 0.717) is 12.8 Å². The van der Waals surface area contributed by atoms with Crippen LogP contribution in [-0.4, -0.2) is 27.4 Å². The van der Waals surface area contributed by atoms with E-state index in [1.165, 1.54) is 5.06 Å². The predicted molar refractivity (Wildman–Crippen MR) is 64.4 cm³/mol. The normalized spacial score (nSPS) is 41.2. The standard InChI is InChI=1S/C13H26NO2/c1-5-7-12(3)9-11(15)10-13(4,8-6-2)14(12)16/h11,15H,5-10H2,1-4H3. The molecule has 0 aromatic rings. The number of hydroxylamine groups is 2. The Kier molecular flexibility index (Phi) is 4.38. The van der Waals surface area contributed by atoms with E-state index in [-0.39, 0.29) is 17.2 Å². The van der Waals surface area contributed by atoms with Gasteiger partial charge < -0.3 is 5.11 Å². The summed E-state index contributed by atoms with van der Waals surface area (Å²) in [6.45, 7) is 8.19. The smallest absolute Gasteiger partial charge is 0.0577 e. The van der Waals surface area contributed by atoms with Crippen LogP contribution in [-0.2, 0) is 5.21 Å². The third-order valence-electron chi connectivity index (χ3n) is 3.91. The Labute approximate surface area is 99.4 Å². The quantitative estimate of drug-likeness (QED) is 0.804. The maximum atomic E-state index is 12.5. The first-order valence-corrected chi connectivity index (χ1v) is 6.53. The van der Waals surface area contributed by atoms with E-state index in [9.17, 15) is 10.3 Å². The Hall–Kier alpha value is -0.120. The molecule has 1 radical (unpaired) electrons. The van der Waals surface area contributed by atoms with E-state index >= 15 is 0 Å². The molecule has 0 amide bonds. The molecule has 1 heterocycles. The molecule has 3 heteroatoms. The van der Waals surface area contributed by atoms with E-state index in [1.807, 2.05) is 13.8 Å². The van der Waals surface area contributed by atoms with Crippen LogP contribution < -0.4 is 0 Å². The summed E-state index contributed by atoms with van der Waals surface area (Å²) >= 11 is 0. The van der Waals surface area contributed by atoms with Crippen molar-refractivity contribution in [1.29, 1.82) is 0 Å². The highest BCUT2D eigenvalue weighted by molar-refractivity contribution is 5.00. The molecule has 3 nitrogen and oxygen atoms in total. The number of piperidine rings is 1. The number of rotatable bonds is 4. The van der Waals surface area contributed by atoms with Crippen molar-refractivity contribution in [2.75, 3.05) is 0 Å². The molecule has 0 spiro atoms. The van der Waals surface area contributed by atoms with Crippen molar-refractivity contribution >= 4 is 0 Å². The van der Waals surface area contributed by atoms with Crippen LogP contribution in [0.3, 0.4) is 0 Å². The van der Waals surface area contributed by atoms with Crippen LogP contribution in [0, 0.1) is 0 Å². The average molecular weight is 228 g/mol. The van der Waals surface area contributed by atoms with Crippen molar-refractivity contribution in [2.45, 2.75) is 83.4 Å². The molecule has 1 rings (SSSR count).